The molecule has 43 heavy (non-hydrogen) atoms. The van der Waals surface area contributed by atoms with E-state index in [-0.39, 0.29) is 25.2 Å². The van der Waals surface area contributed by atoms with E-state index in [4.69, 9.17) is 9.47 Å². The number of rotatable bonds is 31. The van der Waals surface area contributed by atoms with Crippen molar-refractivity contribution in [3.8, 4) is 0 Å². The Kier molecular flexibility index (Phi) is 32.6. The lowest BCUT2D eigenvalue weighted by molar-refractivity contribution is -0.161. The summed E-state index contributed by atoms with van der Waals surface area (Å²) in [5.74, 6) is -0.628. The van der Waals surface area contributed by atoms with E-state index in [1.54, 1.807) is 0 Å². The van der Waals surface area contributed by atoms with Crippen LogP contribution in [0.4, 0.5) is 0 Å². The van der Waals surface area contributed by atoms with Gasteiger partial charge in [-0.25, -0.2) is 0 Å². The van der Waals surface area contributed by atoms with Crippen molar-refractivity contribution < 1.29 is 24.2 Å². The maximum Gasteiger partial charge on any atom is 0.306 e. The van der Waals surface area contributed by atoms with Crippen LogP contribution >= 0.6 is 0 Å². The van der Waals surface area contributed by atoms with Crippen LogP contribution in [0.3, 0.4) is 0 Å². The predicted molar refractivity (Wildman–Crippen MR) is 182 cm³/mol. The average Bonchev–Trinajstić information content (AvgIpc) is 3.01. The van der Waals surface area contributed by atoms with E-state index in [0.29, 0.717) is 12.8 Å². The van der Waals surface area contributed by atoms with Gasteiger partial charge in [-0.15, -0.1) is 0 Å². The molecule has 0 unspecified atom stereocenters. The summed E-state index contributed by atoms with van der Waals surface area (Å²) in [5.41, 5.74) is 0. The van der Waals surface area contributed by atoms with Gasteiger partial charge in [0.15, 0.2) is 6.10 Å². The highest BCUT2D eigenvalue weighted by atomic mass is 16.6. The zero-order valence-corrected chi connectivity index (χ0v) is 28.0. The van der Waals surface area contributed by atoms with Crippen LogP contribution in [0.25, 0.3) is 0 Å². The maximum absolute atomic E-state index is 12.1. The molecule has 0 aliphatic heterocycles. The predicted octanol–water partition coefficient (Wildman–Crippen LogP) is 10.7. The van der Waals surface area contributed by atoms with Crippen molar-refractivity contribution in [2.45, 2.75) is 168 Å². The molecule has 248 valence electrons. The summed E-state index contributed by atoms with van der Waals surface area (Å²) in [6.07, 6.45) is 41.6. The number of hydrogen-bond donors (Lipinski definition) is 1. The molecular weight excluding hydrogens is 536 g/mol. The Balaban J connectivity index is 3.64. The minimum atomic E-state index is -0.783. The van der Waals surface area contributed by atoms with Gasteiger partial charge in [0, 0.05) is 12.8 Å². The van der Waals surface area contributed by atoms with Gasteiger partial charge in [-0.2, -0.15) is 0 Å². The van der Waals surface area contributed by atoms with E-state index in [0.717, 1.165) is 70.6 Å². The molecule has 0 aromatic rings. The maximum atomic E-state index is 12.1. The first-order chi connectivity index (χ1) is 21.1. The largest absolute Gasteiger partial charge is 0.462 e. The van der Waals surface area contributed by atoms with E-state index < -0.39 is 6.10 Å². The Morgan fingerprint density at radius 3 is 1.44 bits per heavy atom. The van der Waals surface area contributed by atoms with E-state index in [9.17, 15) is 14.7 Å². The highest BCUT2D eigenvalue weighted by Gasteiger charge is 2.16. The molecule has 0 amide bonds. The molecule has 1 N–H and O–H groups in total. The second-order valence-corrected chi connectivity index (χ2v) is 11.6. The van der Waals surface area contributed by atoms with E-state index in [1.165, 1.54) is 64.2 Å². The highest BCUT2D eigenvalue weighted by molar-refractivity contribution is 5.70. The van der Waals surface area contributed by atoms with Crippen LogP contribution in [0.1, 0.15) is 162 Å². The van der Waals surface area contributed by atoms with Gasteiger partial charge in [0.2, 0.25) is 0 Å². The van der Waals surface area contributed by atoms with Crippen molar-refractivity contribution in [3.05, 3.63) is 48.6 Å². The number of esters is 2. The lowest BCUT2D eigenvalue weighted by Crippen LogP contribution is -2.28. The van der Waals surface area contributed by atoms with Gasteiger partial charge >= 0.3 is 11.9 Å². The standard InChI is InChI=1S/C38H66O5/c1-3-5-7-9-11-13-15-17-19-21-23-25-27-29-31-33-38(41)43-36(34-39)35-42-37(40)32-30-28-26-24-22-20-18-16-14-12-10-8-6-4-2/h10-13,16-19,36,39H,3-9,14-15,20-35H2,1-2H3/b12-10+,13-11+,18-16+,19-17+/t36-/m0/s1. The summed E-state index contributed by atoms with van der Waals surface area (Å²) in [5, 5.41) is 9.51. The Morgan fingerprint density at radius 1 is 0.535 bits per heavy atom. The Bertz CT molecular complexity index is 737. The number of aliphatic hydroxyl groups is 1. The molecule has 0 rings (SSSR count). The van der Waals surface area contributed by atoms with Crippen molar-refractivity contribution in [2.75, 3.05) is 13.2 Å². The molecule has 0 saturated heterocycles. The number of ether oxygens (including phenoxy) is 2. The fourth-order valence-electron chi connectivity index (χ4n) is 4.60. The van der Waals surface area contributed by atoms with E-state index in [2.05, 4.69) is 62.5 Å². The Hall–Kier alpha value is -2.14. The first kappa shape index (κ1) is 40.9. The second kappa shape index (κ2) is 34.4. The summed E-state index contributed by atoms with van der Waals surface area (Å²) in [6, 6.07) is 0. The van der Waals surface area contributed by atoms with Gasteiger partial charge in [-0.3, -0.25) is 9.59 Å². The molecule has 0 aromatic heterocycles. The quantitative estimate of drug-likeness (QED) is 0.0485. The number of carbonyl (C=O) groups excluding carboxylic acids is 2. The molecule has 0 heterocycles. The van der Waals surface area contributed by atoms with Gasteiger partial charge in [0.05, 0.1) is 6.61 Å². The second-order valence-electron chi connectivity index (χ2n) is 11.6. The van der Waals surface area contributed by atoms with Crippen LogP contribution in [0.2, 0.25) is 0 Å². The van der Waals surface area contributed by atoms with Crippen LogP contribution in [-0.4, -0.2) is 36.4 Å². The van der Waals surface area contributed by atoms with Crippen molar-refractivity contribution in [1.29, 1.82) is 0 Å². The molecule has 0 radical (unpaired) electrons. The number of unbranched alkanes of at least 4 members (excludes halogenated alkanes) is 15. The molecule has 5 nitrogen and oxygen atoms in total. The molecule has 0 bridgehead atoms. The van der Waals surface area contributed by atoms with Crippen LogP contribution in [-0.2, 0) is 19.1 Å². The van der Waals surface area contributed by atoms with Gasteiger partial charge in [0.25, 0.3) is 0 Å². The topological polar surface area (TPSA) is 72.8 Å². The monoisotopic (exact) mass is 602 g/mol. The smallest absolute Gasteiger partial charge is 0.306 e. The van der Waals surface area contributed by atoms with E-state index in [1.807, 2.05) is 0 Å². The Labute approximate surface area is 265 Å². The zero-order valence-electron chi connectivity index (χ0n) is 28.0. The Morgan fingerprint density at radius 2 is 0.953 bits per heavy atom. The summed E-state index contributed by atoms with van der Waals surface area (Å²) >= 11 is 0. The minimum absolute atomic E-state index is 0.0800. The normalized spacial score (nSPS) is 12.7. The van der Waals surface area contributed by atoms with Crippen LogP contribution < -0.4 is 0 Å². The van der Waals surface area contributed by atoms with E-state index >= 15 is 0 Å². The third-order valence-corrected chi connectivity index (χ3v) is 7.35. The molecule has 0 spiro atoms. The number of allylic oxidation sites excluding steroid dienone is 8. The summed E-state index contributed by atoms with van der Waals surface area (Å²) in [6.45, 7) is 4.03. The van der Waals surface area contributed by atoms with Crippen molar-refractivity contribution in [3.63, 3.8) is 0 Å². The molecule has 0 fully saturated rings. The first-order valence-corrected chi connectivity index (χ1v) is 17.7. The van der Waals surface area contributed by atoms with Crippen molar-refractivity contribution in [2.24, 2.45) is 0 Å². The third kappa shape index (κ3) is 32.6. The summed E-state index contributed by atoms with van der Waals surface area (Å²) < 4.78 is 10.5. The zero-order chi connectivity index (χ0) is 31.5. The summed E-state index contributed by atoms with van der Waals surface area (Å²) in [4.78, 5) is 24.1. The third-order valence-electron chi connectivity index (χ3n) is 7.35. The molecular formula is C38H66O5. The number of aliphatic hydroxyl groups excluding tert-OH is 1. The van der Waals surface area contributed by atoms with Crippen LogP contribution in [0.5, 0.6) is 0 Å². The first-order valence-electron chi connectivity index (χ1n) is 17.7. The molecule has 1 atom stereocenters. The SMILES string of the molecule is CCCC/C=C/C/C=C/CCCCCCCC(=O)OC[C@H](CO)OC(=O)CCCCCCC/C=C/C/C=C/CCCCC. The fraction of sp³-hybridized carbons (Fsp3) is 0.737. The molecule has 0 saturated carbocycles. The average molecular weight is 603 g/mol. The molecule has 5 heteroatoms. The summed E-state index contributed by atoms with van der Waals surface area (Å²) in [7, 11) is 0. The van der Waals surface area contributed by atoms with Crippen molar-refractivity contribution >= 4 is 11.9 Å². The number of hydrogen-bond acceptors (Lipinski definition) is 5. The fourth-order valence-corrected chi connectivity index (χ4v) is 4.60. The molecule has 0 aliphatic rings. The van der Waals surface area contributed by atoms with Crippen LogP contribution in [0, 0.1) is 0 Å². The molecule has 0 aliphatic carbocycles. The van der Waals surface area contributed by atoms with Gasteiger partial charge in [-0.1, -0.05) is 127 Å². The van der Waals surface area contributed by atoms with Crippen LogP contribution in [0.15, 0.2) is 48.6 Å². The van der Waals surface area contributed by atoms with Crippen molar-refractivity contribution in [1.82, 2.24) is 0 Å². The van der Waals surface area contributed by atoms with Gasteiger partial charge < -0.3 is 14.6 Å². The number of carbonyl (C=O) groups is 2. The molecule has 0 aromatic carbocycles. The lowest BCUT2D eigenvalue weighted by atomic mass is 10.1. The van der Waals surface area contributed by atoms with Gasteiger partial charge in [-0.05, 0) is 70.6 Å². The van der Waals surface area contributed by atoms with Gasteiger partial charge in [0.1, 0.15) is 6.61 Å². The lowest BCUT2D eigenvalue weighted by Gasteiger charge is -2.15. The highest BCUT2D eigenvalue weighted by Crippen LogP contribution is 2.11. The minimum Gasteiger partial charge on any atom is -0.462 e.